The molecule has 0 saturated heterocycles. The highest BCUT2D eigenvalue weighted by Crippen LogP contribution is 2.25. The number of alkyl halides is 3. The minimum atomic E-state index is -4.78. The summed E-state index contributed by atoms with van der Waals surface area (Å²) in [5.74, 6) is -0.884. The number of hydrogen-bond donors (Lipinski definition) is 1. The lowest BCUT2D eigenvalue weighted by Crippen LogP contribution is -2.16. The van der Waals surface area contributed by atoms with Gasteiger partial charge >= 0.3 is 12.0 Å². The van der Waals surface area contributed by atoms with Gasteiger partial charge in [0.2, 0.25) is 0 Å². The quantitative estimate of drug-likeness (QED) is 0.549. The molecule has 2 aromatic carbocycles. The molecule has 0 saturated carbocycles. The molecule has 0 amide bonds. The maximum Gasteiger partial charge on any atom is 0.573 e. The lowest BCUT2D eigenvalue weighted by atomic mass is 10.1. The van der Waals surface area contributed by atoms with Crippen molar-refractivity contribution in [3.63, 3.8) is 0 Å². The summed E-state index contributed by atoms with van der Waals surface area (Å²) in [5.41, 5.74) is 0.225. The summed E-state index contributed by atoms with van der Waals surface area (Å²) in [6.45, 7) is 0. The van der Waals surface area contributed by atoms with Crippen LogP contribution in [0.15, 0.2) is 62.8 Å². The summed E-state index contributed by atoms with van der Waals surface area (Å²) < 4.78 is 58.2. The van der Waals surface area contributed by atoms with Crippen LogP contribution in [0.1, 0.15) is 5.56 Å². The van der Waals surface area contributed by atoms with E-state index in [9.17, 15) is 22.4 Å². The second-order valence-electron chi connectivity index (χ2n) is 5.09. The van der Waals surface area contributed by atoms with Crippen LogP contribution in [-0.2, 0) is 0 Å². The van der Waals surface area contributed by atoms with Crippen molar-refractivity contribution < 1.29 is 26.8 Å². The summed E-state index contributed by atoms with van der Waals surface area (Å²) in [5, 5.41) is 2.40. The molecule has 134 valence electrons. The van der Waals surface area contributed by atoms with Gasteiger partial charge in [-0.15, -0.1) is 13.2 Å². The van der Waals surface area contributed by atoms with Gasteiger partial charge in [0.1, 0.15) is 17.1 Å². The van der Waals surface area contributed by atoms with Gasteiger partial charge in [0.05, 0.1) is 11.4 Å². The number of ether oxygens (including phenoxy) is 1. The summed E-state index contributed by atoms with van der Waals surface area (Å²) in [6.07, 6.45) is -3.60. The molecule has 0 unspecified atom stereocenters. The minimum Gasteiger partial charge on any atom is -0.406 e. The lowest BCUT2D eigenvalue weighted by molar-refractivity contribution is -0.274. The first-order valence-electron chi connectivity index (χ1n) is 7.19. The van der Waals surface area contributed by atoms with Crippen molar-refractivity contribution in [1.29, 1.82) is 0 Å². The zero-order valence-corrected chi connectivity index (χ0v) is 12.9. The second kappa shape index (κ2) is 6.87. The monoisotopic (exact) mass is 366 g/mol. The summed E-state index contributed by atoms with van der Waals surface area (Å²) in [7, 11) is 0. The fraction of sp³-hybridized carbons (Fsp3) is 0.0588. The standard InChI is InChI=1S/C17H10F4N2O3/c18-11-3-1-2-10(8-11)15-14(16(24)26-23-15)9-22-12-4-6-13(7-5-12)25-17(19,20)21/h1-9,23H. The maximum absolute atomic E-state index is 13.3. The molecular formula is C17H10F4N2O3. The van der Waals surface area contributed by atoms with Gasteiger partial charge in [0, 0.05) is 11.8 Å². The van der Waals surface area contributed by atoms with Gasteiger partial charge in [-0.25, -0.2) is 14.3 Å². The fourth-order valence-corrected chi connectivity index (χ4v) is 2.16. The first kappa shape index (κ1) is 17.5. The van der Waals surface area contributed by atoms with E-state index in [1.165, 1.54) is 36.5 Å². The van der Waals surface area contributed by atoms with Crippen LogP contribution in [-0.4, -0.2) is 17.7 Å². The van der Waals surface area contributed by atoms with Crippen molar-refractivity contribution in [2.24, 2.45) is 4.99 Å². The first-order valence-corrected chi connectivity index (χ1v) is 7.19. The zero-order valence-electron chi connectivity index (χ0n) is 12.9. The Labute approximate surface area is 143 Å². The van der Waals surface area contributed by atoms with Gasteiger partial charge in [-0.3, -0.25) is 4.99 Å². The van der Waals surface area contributed by atoms with E-state index in [0.29, 0.717) is 5.56 Å². The van der Waals surface area contributed by atoms with E-state index in [1.807, 2.05) is 0 Å². The number of nitrogens with one attached hydrogen (secondary N) is 1. The van der Waals surface area contributed by atoms with Crippen LogP contribution in [0, 0.1) is 5.82 Å². The number of aliphatic imine (C=N–C) groups is 1. The molecule has 0 fully saturated rings. The molecule has 0 aliphatic rings. The highest BCUT2D eigenvalue weighted by atomic mass is 19.4. The van der Waals surface area contributed by atoms with Crippen LogP contribution in [0.4, 0.5) is 23.2 Å². The number of benzene rings is 2. The van der Waals surface area contributed by atoms with Crippen LogP contribution >= 0.6 is 0 Å². The molecule has 3 rings (SSSR count). The molecule has 0 atom stereocenters. The van der Waals surface area contributed by atoms with Gasteiger partial charge in [-0.2, -0.15) is 0 Å². The molecule has 3 aromatic rings. The van der Waals surface area contributed by atoms with Crippen LogP contribution < -0.4 is 10.4 Å². The van der Waals surface area contributed by atoms with E-state index in [2.05, 4.69) is 14.9 Å². The number of aromatic nitrogens is 1. The van der Waals surface area contributed by atoms with Gasteiger partial charge in [-0.1, -0.05) is 12.1 Å². The normalized spacial score (nSPS) is 11.8. The molecule has 9 heteroatoms. The van der Waals surface area contributed by atoms with Crippen molar-refractivity contribution in [2.75, 3.05) is 0 Å². The van der Waals surface area contributed by atoms with E-state index >= 15 is 0 Å². The van der Waals surface area contributed by atoms with Gasteiger partial charge in [-0.05, 0) is 36.4 Å². The third kappa shape index (κ3) is 4.18. The molecule has 26 heavy (non-hydrogen) atoms. The molecule has 1 heterocycles. The first-order chi connectivity index (χ1) is 12.3. The summed E-state index contributed by atoms with van der Waals surface area (Å²) in [4.78, 5) is 15.8. The summed E-state index contributed by atoms with van der Waals surface area (Å²) >= 11 is 0. The molecule has 0 spiro atoms. The number of halogens is 4. The zero-order chi connectivity index (χ0) is 18.7. The SMILES string of the molecule is O=c1o[nH]c(-c2cccc(F)c2)c1C=Nc1ccc(OC(F)(F)F)cc1. The Morgan fingerprint density at radius 2 is 1.85 bits per heavy atom. The molecule has 1 N–H and O–H groups in total. The van der Waals surface area contributed by atoms with Crippen LogP contribution in [0.2, 0.25) is 0 Å². The Morgan fingerprint density at radius 1 is 1.12 bits per heavy atom. The molecule has 0 bridgehead atoms. The molecular weight excluding hydrogens is 356 g/mol. The number of nitrogens with zero attached hydrogens (tertiary/aromatic N) is 1. The highest BCUT2D eigenvalue weighted by molar-refractivity contribution is 5.89. The fourth-order valence-electron chi connectivity index (χ4n) is 2.16. The van der Waals surface area contributed by atoms with Crippen LogP contribution in [0.3, 0.4) is 0 Å². The van der Waals surface area contributed by atoms with Crippen molar-refractivity contribution in [3.8, 4) is 17.0 Å². The van der Waals surface area contributed by atoms with Crippen molar-refractivity contribution >= 4 is 11.9 Å². The summed E-state index contributed by atoms with van der Waals surface area (Å²) in [6, 6.07) is 10.3. The average Bonchev–Trinajstić information content (AvgIpc) is 2.94. The van der Waals surface area contributed by atoms with Gasteiger partial charge in [0.25, 0.3) is 0 Å². The van der Waals surface area contributed by atoms with E-state index in [-0.39, 0.29) is 16.9 Å². The van der Waals surface area contributed by atoms with E-state index in [4.69, 9.17) is 4.52 Å². The number of hydrogen-bond acceptors (Lipinski definition) is 4. The van der Waals surface area contributed by atoms with Gasteiger partial charge in [0.15, 0.2) is 0 Å². The Morgan fingerprint density at radius 3 is 2.50 bits per heavy atom. The van der Waals surface area contributed by atoms with Gasteiger partial charge < -0.3 is 9.26 Å². The van der Waals surface area contributed by atoms with E-state index < -0.39 is 23.6 Å². The largest absolute Gasteiger partial charge is 0.573 e. The smallest absolute Gasteiger partial charge is 0.406 e. The van der Waals surface area contributed by atoms with Crippen molar-refractivity contribution in [3.05, 3.63) is 70.3 Å². The highest BCUT2D eigenvalue weighted by Gasteiger charge is 2.30. The van der Waals surface area contributed by atoms with Crippen molar-refractivity contribution in [1.82, 2.24) is 5.16 Å². The third-order valence-corrected chi connectivity index (χ3v) is 3.26. The predicted octanol–water partition coefficient (Wildman–Crippen LogP) is 4.42. The molecule has 1 aromatic heterocycles. The second-order valence-corrected chi connectivity index (χ2v) is 5.09. The van der Waals surface area contributed by atoms with Crippen molar-refractivity contribution in [2.45, 2.75) is 6.36 Å². The minimum absolute atomic E-state index is 0.0474. The third-order valence-electron chi connectivity index (χ3n) is 3.26. The number of aromatic amines is 1. The Balaban J connectivity index is 1.85. The number of rotatable bonds is 4. The topological polar surface area (TPSA) is 67.6 Å². The molecule has 5 nitrogen and oxygen atoms in total. The molecule has 0 aliphatic carbocycles. The van der Waals surface area contributed by atoms with Crippen LogP contribution in [0.5, 0.6) is 5.75 Å². The Kier molecular flexibility index (Phi) is 4.61. The predicted molar refractivity (Wildman–Crippen MR) is 85.1 cm³/mol. The van der Waals surface area contributed by atoms with E-state index in [0.717, 1.165) is 12.1 Å². The molecule has 0 radical (unpaired) electrons. The Hall–Kier alpha value is -3.36. The number of H-pyrrole nitrogens is 1. The maximum atomic E-state index is 13.3. The lowest BCUT2D eigenvalue weighted by Gasteiger charge is -2.08. The van der Waals surface area contributed by atoms with E-state index in [1.54, 1.807) is 6.07 Å². The van der Waals surface area contributed by atoms with Crippen LogP contribution in [0.25, 0.3) is 11.3 Å². The average molecular weight is 366 g/mol. The Bertz CT molecular complexity index is 988. The molecule has 0 aliphatic heterocycles.